The predicted octanol–water partition coefficient (Wildman–Crippen LogP) is 8.15. The SMILES string of the molecule is CC(=O)CCCCCCCC(=O)CCn1c(CN(C)N(C)C(=O)OCC2c3ccccc3-c3ccccc32)cc2ccccc21. The Morgan fingerprint density at radius 3 is 2.04 bits per heavy atom. The lowest BCUT2D eigenvalue weighted by molar-refractivity contribution is -0.119. The molecule has 0 saturated carbocycles. The van der Waals surface area contributed by atoms with Crippen molar-refractivity contribution in [1.82, 2.24) is 14.6 Å². The Kier molecular flexibility index (Phi) is 10.8. The second-order valence-electron chi connectivity index (χ2n) is 12.2. The minimum absolute atomic E-state index is 0.00635. The first kappa shape index (κ1) is 32.2. The van der Waals surface area contributed by atoms with E-state index in [1.165, 1.54) is 27.3 Å². The molecule has 45 heavy (non-hydrogen) atoms. The van der Waals surface area contributed by atoms with E-state index in [2.05, 4.69) is 47.0 Å². The van der Waals surface area contributed by atoms with Gasteiger partial charge in [-0.15, -0.1) is 0 Å². The average Bonchev–Trinajstić information content (AvgIpc) is 3.56. The molecular formula is C38H45N3O4. The molecular weight excluding hydrogens is 562 g/mol. The number of hydrazine groups is 1. The Bertz CT molecular complexity index is 1600. The van der Waals surface area contributed by atoms with Crippen molar-refractivity contribution < 1.29 is 19.1 Å². The maximum atomic E-state index is 13.2. The Balaban J connectivity index is 1.16. The quantitative estimate of drug-likeness (QED) is 0.0950. The number of carbonyl (C=O) groups excluding carboxylic acids is 3. The summed E-state index contributed by atoms with van der Waals surface area (Å²) in [7, 11) is 3.61. The molecule has 1 aliphatic rings. The van der Waals surface area contributed by atoms with Crippen molar-refractivity contribution in [2.75, 3.05) is 20.7 Å². The van der Waals surface area contributed by atoms with Gasteiger partial charge in [0.1, 0.15) is 18.2 Å². The summed E-state index contributed by atoms with van der Waals surface area (Å²) < 4.78 is 8.09. The van der Waals surface area contributed by atoms with Crippen molar-refractivity contribution >= 4 is 28.6 Å². The van der Waals surface area contributed by atoms with Crippen LogP contribution in [0.3, 0.4) is 0 Å². The number of amides is 1. The van der Waals surface area contributed by atoms with E-state index >= 15 is 0 Å². The third kappa shape index (κ3) is 7.90. The van der Waals surface area contributed by atoms with Gasteiger partial charge in [0.2, 0.25) is 0 Å². The molecule has 0 fully saturated rings. The summed E-state index contributed by atoms with van der Waals surface area (Å²) in [6.07, 6.45) is 6.29. The highest BCUT2D eigenvalue weighted by atomic mass is 16.6. The van der Waals surface area contributed by atoms with Crippen LogP contribution < -0.4 is 0 Å². The lowest BCUT2D eigenvalue weighted by atomic mass is 9.98. The number of hydrogen-bond donors (Lipinski definition) is 0. The van der Waals surface area contributed by atoms with E-state index < -0.39 is 6.09 Å². The maximum absolute atomic E-state index is 13.2. The molecule has 4 aromatic rings. The van der Waals surface area contributed by atoms with Gasteiger partial charge in [-0.3, -0.25) is 4.79 Å². The average molecular weight is 608 g/mol. The fourth-order valence-corrected chi connectivity index (χ4v) is 6.42. The molecule has 5 rings (SSSR count). The third-order valence-electron chi connectivity index (χ3n) is 9.00. The molecule has 1 aliphatic carbocycles. The van der Waals surface area contributed by atoms with Gasteiger partial charge in [0.25, 0.3) is 0 Å². The zero-order chi connectivity index (χ0) is 31.8. The van der Waals surface area contributed by atoms with Gasteiger partial charge in [0, 0.05) is 57.0 Å². The predicted molar refractivity (Wildman–Crippen MR) is 179 cm³/mol. The number of fused-ring (bicyclic) bond motifs is 4. The summed E-state index contributed by atoms with van der Waals surface area (Å²) in [4.78, 5) is 37.1. The maximum Gasteiger partial charge on any atom is 0.424 e. The highest BCUT2D eigenvalue weighted by Crippen LogP contribution is 2.44. The van der Waals surface area contributed by atoms with Gasteiger partial charge in [0.05, 0.1) is 6.54 Å². The van der Waals surface area contributed by atoms with Crippen molar-refractivity contribution in [2.24, 2.45) is 0 Å². The summed E-state index contributed by atoms with van der Waals surface area (Å²) in [5.74, 6) is 0.524. The number of carbonyl (C=O) groups is 3. The van der Waals surface area contributed by atoms with Crippen LogP contribution in [0.4, 0.5) is 4.79 Å². The van der Waals surface area contributed by atoms with Crippen LogP contribution in [0.1, 0.15) is 81.0 Å². The zero-order valence-corrected chi connectivity index (χ0v) is 26.8. The van der Waals surface area contributed by atoms with E-state index in [0.29, 0.717) is 32.4 Å². The molecule has 7 nitrogen and oxygen atoms in total. The Morgan fingerprint density at radius 1 is 0.756 bits per heavy atom. The van der Waals surface area contributed by atoms with Crippen molar-refractivity contribution in [3.8, 4) is 11.1 Å². The molecule has 0 atom stereocenters. The van der Waals surface area contributed by atoms with Gasteiger partial charge < -0.3 is 14.1 Å². The third-order valence-corrected chi connectivity index (χ3v) is 9.00. The van der Waals surface area contributed by atoms with Gasteiger partial charge in [-0.05, 0) is 59.5 Å². The Hall–Kier alpha value is -4.23. The van der Waals surface area contributed by atoms with Crippen molar-refractivity contribution in [1.29, 1.82) is 0 Å². The highest BCUT2D eigenvalue weighted by Gasteiger charge is 2.30. The molecule has 3 aromatic carbocycles. The summed E-state index contributed by atoms with van der Waals surface area (Å²) in [6, 6.07) is 27.0. The summed E-state index contributed by atoms with van der Waals surface area (Å²) in [5.41, 5.74) is 6.90. The number of Topliss-reactive ketones (excluding diaryl/α,β-unsaturated/α-hetero) is 2. The molecule has 0 aliphatic heterocycles. The number of benzene rings is 3. The van der Waals surface area contributed by atoms with Gasteiger partial charge in [0.15, 0.2) is 0 Å². The lowest BCUT2D eigenvalue weighted by Gasteiger charge is -2.28. The standard InChI is InChI=1S/C38H45N3O4/c1-28(42)15-7-5-4-6-8-17-31(43)23-24-41-30(25-29-16-9-14-22-37(29)41)26-39(2)40(3)38(44)45-27-36-34-20-12-10-18-32(34)33-19-11-13-21-35(33)36/h9-14,16,18-22,25,36H,4-8,15,17,23-24,26-27H2,1-3H3. The van der Waals surface area contributed by atoms with E-state index in [1.54, 1.807) is 14.0 Å². The van der Waals surface area contributed by atoms with Crippen LogP contribution in [-0.2, 0) is 27.4 Å². The number of ether oxygens (including phenoxy) is 1. The minimum Gasteiger partial charge on any atom is -0.447 e. The zero-order valence-electron chi connectivity index (χ0n) is 26.8. The summed E-state index contributed by atoms with van der Waals surface area (Å²) in [6.45, 7) is 3.00. The molecule has 0 bridgehead atoms. The number of nitrogens with zero attached hydrogens (tertiary/aromatic N) is 3. The van der Waals surface area contributed by atoms with E-state index in [1.807, 2.05) is 48.5 Å². The summed E-state index contributed by atoms with van der Waals surface area (Å²) >= 11 is 0. The van der Waals surface area contributed by atoms with Gasteiger partial charge in [-0.2, -0.15) is 0 Å². The molecule has 1 aromatic heterocycles. The lowest BCUT2D eigenvalue weighted by Crippen LogP contribution is -2.41. The van der Waals surface area contributed by atoms with Gasteiger partial charge in [-0.25, -0.2) is 14.8 Å². The Labute approximate surface area is 266 Å². The first-order valence-corrected chi connectivity index (χ1v) is 16.2. The molecule has 0 saturated heterocycles. The Morgan fingerprint density at radius 2 is 1.36 bits per heavy atom. The normalized spacial score (nSPS) is 12.4. The van der Waals surface area contributed by atoms with Crippen molar-refractivity contribution in [3.63, 3.8) is 0 Å². The second-order valence-corrected chi connectivity index (χ2v) is 12.2. The molecule has 0 spiro atoms. The largest absolute Gasteiger partial charge is 0.447 e. The first-order chi connectivity index (χ1) is 21.8. The van der Waals surface area contributed by atoms with E-state index in [9.17, 15) is 14.4 Å². The minimum atomic E-state index is -0.404. The van der Waals surface area contributed by atoms with Gasteiger partial charge in [-0.1, -0.05) is 86.0 Å². The van der Waals surface area contributed by atoms with Crippen LogP contribution in [0.5, 0.6) is 0 Å². The van der Waals surface area contributed by atoms with Crippen LogP contribution in [-0.4, -0.2) is 52.9 Å². The number of aryl methyl sites for hydroxylation is 1. The molecule has 0 radical (unpaired) electrons. The first-order valence-electron chi connectivity index (χ1n) is 16.2. The van der Waals surface area contributed by atoms with Crippen molar-refractivity contribution in [3.05, 3.63) is 95.7 Å². The van der Waals surface area contributed by atoms with Crippen LogP contribution in [0.25, 0.3) is 22.0 Å². The molecule has 0 unspecified atom stereocenters. The van der Waals surface area contributed by atoms with E-state index in [-0.39, 0.29) is 24.1 Å². The van der Waals surface area contributed by atoms with E-state index in [4.69, 9.17) is 4.74 Å². The highest BCUT2D eigenvalue weighted by molar-refractivity contribution is 5.82. The molecule has 0 N–H and O–H groups in total. The monoisotopic (exact) mass is 607 g/mol. The smallest absolute Gasteiger partial charge is 0.424 e. The number of hydrogen-bond acceptors (Lipinski definition) is 5. The number of rotatable bonds is 16. The number of ketones is 2. The topological polar surface area (TPSA) is 71.9 Å². The molecule has 7 heteroatoms. The number of aromatic nitrogens is 1. The van der Waals surface area contributed by atoms with Crippen LogP contribution >= 0.6 is 0 Å². The molecule has 236 valence electrons. The van der Waals surface area contributed by atoms with Crippen LogP contribution in [0, 0.1) is 0 Å². The van der Waals surface area contributed by atoms with Crippen LogP contribution in [0.2, 0.25) is 0 Å². The molecule has 1 amide bonds. The number of unbranched alkanes of at least 4 members (excludes halogenated alkanes) is 4. The summed E-state index contributed by atoms with van der Waals surface area (Å²) in [5, 5.41) is 4.50. The second kappa shape index (κ2) is 15.2. The van der Waals surface area contributed by atoms with Crippen molar-refractivity contribution in [2.45, 2.75) is 77.3 Å². The van der Waals surface area contributed by atoms with Gasteiger partial charge >= 0.3 is 6.09 Å². The number of para-hydroxylation sites is 1. The fraction of sp³-hybridized carbons (Fsp3) is 0.395. The van der Waals surface area contributed by atoms with E-state index in [0.717, 1.165) is 48.7 Å². The molecule has 1 heterocycles. The van der Waals surface area contributed by atoms with Crippen LogP contribution in [0.15, 0.2) is 78.9 Å². The fourth-order valence-electron chi connectivity index (χ4n) is 6.42.